The SMILES string of the molecule is Cl.N#C/C(=C\c1ccc(OCCCN2CCOCC2)cc1)c1noc2ccccc12. The van der Waals surface area contributed by atoms with Crippen molar-refractivity contribution in [1.29, 1.82) is 5.26 Å². The maximum absolute atomic E-state index is 9.59. The third-order valence-electron chi connectivity index (χ3n) is 4.94. The zero-order valence-electron chi connectivity index (χ0n) is 16.6. The van der Waals surface area contributed by atoms with E-state index in [1.165, 1.54) is 0 Å². The summed E-state index contributed by atoms with van der Waals surface area (Å²) in [6.45, 7) is 5.36. The van der Waals surface area contributed by atoms with Crippen molar-refractivity contribution in [3.63, 3.8) is 0 Å². The predicted molar refractivity (Wildman–Crippen MR) is 119 cm³/mol. The standard InChI is InChI=1S/C23H23N3O3.ClH/c24-17-19(23-21-4-1-2-5-22(21)29-25-23)16-18-6-8-20(9-7-18)28-13-3-10-26-11-14-27-15-12-26;/h1-2,4-9,16H,3,10-15H2;1H/b19-16+;. The van der Waals surface area contributed by atoms with E-state index in [-0.39, 0.29) is 12.4 Å². The second kappa shape index (κ2) is 10.8. The van der Waals surface area contributed by atoms with Crippen LogP contribution in [0.5, 0.6) is 5.75 Å². The monoisotopic (exact) mass is 425 g/mol. The molecule has 4 rings (SSSR count). The number of aromatic nitrogens is 1. The van der Waals surface area contributed by atoms with E-state index in [9.17, 15) is 5.26 Å². The van der Waals surface area contributed by atoms with Crippen molar-refractivity contribution in [2.24, 2.45) is 0 Å². The molecule has 0 radical (unpaired) electrons. The average Bonchev–Trinajstić information content (AvgIpc) is 3.21. The van der Waals surface area contributed by atoms with Crippen LogP contribution >= 0.6 is 12.4 Å². The summed E-state index contributed by atoms with van der Waals surface area (Å²) in [7, 11) is 0. The first kappa shape index (κ1) is 21.8. The van der Waals surface area contributed by atoms with E-state index >= 15 is 0 Å². The fourth-order valence-corrected chi connectivity index (χ4v) is 3.36. The highest BCUT2D eigenvalue weighted by atomic mass is 35.5. The lowest BCUT2D eigenvalue weighted by Crippen LogP contribution is -2.37. The number of hydrogen-bond donors (Lipinski definition) is 0. The van der Waals surface area contributed by atoms with Gasteiger partial charge in [0.05, 0.1) is 30.8 Å². The third kappa shape index (κ3) is 5.39. The maximum Gasteiger partial charge on any atom is 0.167 e. The van der Waals surface area contributed by atoms with Gasteiger partial charge in [-0.05, 0) is 42.3 Å². The fourth-order valence-electron chi connectivity index (χ4n) is 3.36. The summed E-state index contributed by atoms with van der Waals surface area (Å²) in [5.74, 6) is 0.828. The van der Waals surface area contributed by atoms with Crippen LogP contribution in [0.3, 0.4) is 0 Å². The topological polar surface area (TPSA) is 71.5 Å². The first-order valence-corrected chi connectivity index (χ1v) is 9.83. The maximum atomic E-state index is 9.59. The second-order valence-corrected chi connectivity index (χ2v) is 6.92. The number of rotatable bonds is 7. The molecule has 0 N–H and O–H groups in total. The minimum absolute atomic E-state index is 0. The molecule has 7 heteroatoms. The van der Waals surface area contributed by atoms with Crippen LogP contribution in [0.25, 0.3) is 22.6 Å². The molecule has 1 aliphatic heterocycles. The number of hydrogen-bond acceptors (Lipinski definition) is 6. The Balaban J connectivity index is 0.00000256. The van der Waals surface area contributed by atoms with Crippen molar-refractivity contribution >= 4 is 35.0 Å². The van der Waals surface area contributed by atoms with Crippen LogP contribution < -0.4 is 4.74 Å². The number of halogens is 1. The molecule has 1 aliphatic rings. The molecule has 2 aromatic carbocycles. The van der Waals surface area contributed by atoms with Crippen molar-refractivity contribution in [3.05, 3.63) is 59.8 Å². The Hall–Kier alpha value is -2.85. The molecule has 2 heterocycles. The second-order valence-electron chi connectivity index (χ2n) is 6.92. The van der Waals surface area contributed by atoms with Gasteiger partial charge in [0.2, 0.25) is 0 Å². The lowest BCUT2D eigenvalue weighted by atomic mass is 10.1. The van der Waals surface area contributed by atoms with Gasteiger partial charge in [-0.1, -0.05) is 29.4 Å². The quantitative estimate of drug-likeness (QED) is 0.412. The molecule has 0 unspecified atom stereocenters. The molecule has 0 atom stereocenters. The van der Waals surface area contributed by atoms with Gasteiger partial charge in [-0.15, -0.1) is 12.4 Å². The number of nitrogens with zero attached hydrogens (tertiary/aromatic N) is 3. The zero-order valence-corrected chi connectivity index (χ0v) is 17.4. The van der Waals surface area contributed by atoms with Gasteiger partial charge in [-0.2, -0.15) is 5.26 Å². The van der Waals surface area contributed by atoms with E-state index in [4.69, 9.17) is 14.0 Å². The molecule has 30 heavy (non-hydrogen) atoms. The van der Waals surface area contributed by atoms with Crippen LogP contribution in [-0.2, 0) is 4.74 Å². The van der Waals surface area contributed by atoms with Crippen LogP contribution in [0.1, 0.15) is 17.7 Å². The molecule has 0 amide bonds. The molecular formula is C23H24ClN3O3. The van der Waals surface area contributed by atoms with Gasteiger partial charge < -0.3 is 14.0 Å². The van der Waals surface area contributed by atoms with Crippen molar-refractivity contribution < 1.29 is 14.0 Å². The summed E-state index contributed by atoms with van der Waals surface area (Å²) in [6.07, 6.45) is 2.80. The minimum atomic E-state index is 0. The number of benzene rings is 2. The van der Waals surface area contributed by atoms with Crippen molar-refractivity contribution in [1.82, 2.24) is 10.1 Å². The van der Waals surface area contributed by atoms with Crippen molar-refractivity contribution in [2.75, 3.05) is 39.5 Å². The highest BCUT2D eigenvalue weighted by Crippen LogP contribution is 2.26. The summed E-state index contributed by atoms with van der Waals surface area (Å²) >= 11 is 0. The molecule has 0 spiro atoms. The number of allylic oxidation sites excluding steroid dienone is 1. The molecule has 0 saturated carbocycles. The van der Waals surface area contributed by atoms with Gasteiger partial charge in [-0.3, -0.25) is 4.90 Å². The Morgan fingerprint density at radius 1 is 1.13 bits per heavy atom. The van der Waals surface area contributed by atoms with Crippen LogP contribution in [-0.4, -0.2) is 49.5 Å². The fraction of sp³-hybridized carbons (Fsp3) is 0.304. The van der Waals surface area contributed by atoms with E-state index in [0.717, 1.165) is 56.0 Å². The predicted octanol–water partition coefficient (Wildman–Crippen LogP) is 4.41. The smallest absolute Gasteiger partial charge is 0.167 e. The Morgan fingerprint density at radius 3 is 2.67 bits per heavy atom. The molecule has 6 nitrogen and oxygen atoms in total. The lowest BCUT2D eigenvalue weighted by molar-refractivity contribution is 0.0358. The Bertz CT molecular complexity index is 1020. The number of morpholine rings is 1. The minimum Gasteiger partial charge on any atom is -0.494 e. The average molecular weight is 426 g/mol. The summed E-state index contributed by atoms with van der Waals surface area (Å²) in [4.78, 5) is 2.40. The van der Waals surface area contributed by atoms with E-state index in [0.29, 0.717) is 23.5 Å². The lowest BCUT2D eigenvalue weighted by Gasteiger charge is -2.26. The number of fused-ring (bicyclic) bond motifs is 1. The first-order chi connectivity index (χ1) is 14.3. The van der Waals surface area contributed by atoms with Gasteiger partial charge in [0.15, 0.2) is 5.58 Å². The molecule has 156 valence electrons. The van der Waals surface area contributed by atoms with Gasteiger partial charge in [0.1, 0.15) is 17.5 Å². The Morgan fingerprint density at radius 2 is 1.90 bits per heavy atom. The first-order valence-electron chi connectivity index (χ1n) is 9.83. The summed E-state index contributed by atoms with van der Waals surface area (Å²) in [5.41, 5.74) is 2.61. The zero-order chi connectivity index (χ0) is 19.9. The molecule has 1 saturated heterocycles. The molecular weight excluding hydrogens is 402 g/mol. The summed E-state index contributed by atoms with van der Waals surface area (Å²) < 4.78 is 16.5. The Kier molecular flexibility index (Phi) is 7.86. The van der Waals surface area contributed by atoms with E-state index in [2.05, 4.69) is 16.1 Å². The number of para-hydroxylation sites is 1. The highest BCUT2D eigenvalue weighted by Gasteiger charge is 2.12. The van der Waals surface area contributed by atoms with Crippen molar-refractivity contribution in [3.8, 4) is 11.8 Å². The molecule has 1 aromatic heterocycles. The van der Waals surface area contributed by atoms with Crippen LogP contribution in [0.2, 0.25) is 0 Å². The third-order valence-corrected chi connectivity index (χ3v) is 4.94. The molecule has 0 bridgehead atoms. The van der Waals surface area contributed by atoms with Crippen molar-refractivity contribution in [2.45, 2.75) is 6.42 Å². The molecule has 1 fully saturated rings. The number of nitriles is 1. The van der Waals surface area contributed by atoms with Gasteiger partial charge in [0.25, 0.3) is 0 Å². The van der Waals surface area contributed by atoms with Crippen LogP contribution in [0, 0.1) is 11.3 Å². The number of ether oxygens (including phenoxy) is 2. The summed E-state index contributed by atoms with van der Waals surface area (Å²) in [6, 6.07) is 17.5. The van der Waals surface area contributed by atoms with Gasteiger partial charge in [-0.25, -0.2) is 0 Å². The van der Waals surface area contributed by atoms with E-state index in [1.54, 1.807) is 0 Å². The highest BCUT2D eigenvalue weighted by molar-refractivity contribution is 5.98. The van der Waals surface area contributed by atoms with E-state index in [1.807, 2.05) is 54.6 Å². The van der Waals surface area contributed by atoms with Crippen LogP contribution in [0.4, 0.5) is 0 Å². The summed E-state index contributed by atoms with van der Waals surface area (Å²) in [5, 5.41) is 14.5. The van der Waals surface area contributed by atoms with Gasteiger partial charge >= 0.3 is 0 Å². The largest absolute Gasteiger partial charge is 0.494 e. The molecule has 3 aromatic rings. The van der Waals surface area contributed by atoms with E-state index < -0.39 is 0 Å². The van der Waals surface area contributed by atoms with Gasteiger partial charge in [0, 0.05) is 19.6 Å². The molecule has 0 aliphatic carbocycles. The normalized spacial score (nSPS) is 14.8. The Labute approximate surface area is 182 Å². The van der Waals surface area contributed by atoms with Crippen LogP contribution in [0.15, 0.2) is 53.1 Å².